The van der Waals surface area contributed by atoms with Crippen molar-refractivity contribution in [2.24, 2.45) is 0 Å². The van der Waals surface area contributed by atoms with Crippen LogP contribution in [0.3, 0.4) is 0 Å². The molecule has 2 heterocycles. The highest BCUT2D eigenvalue weighted by atomic mass is 32.2. The van der Waals surface area contributed by atoms with Crippen LogP contribution in [0.4, 0.5) is 5.69 Å². The largest absolute Gasteiger partial charge is 0.493 e. The lowest BCUT2D eigenvalue weighted by Crippen LogP contribution is -2.38. The number of rotatable bonds is 6. The van der Waals surface area contributed by atoms with Crippen LogP contribution < -0.4 is 14.8 Å². The van der Waals surface area contributed by atoms with Crippen LogP contribution in [-0.2, 0) is 10.0 Å². The Labute approximate surface area is 206 Å². The van der Waals surface area contributed by atoms with E-state index in [0.717, 1.165) is 30.0 Å². The van der Waals surface area contributed by atoms with E-state index in [9.17, 15) is 18.3 Å². The van der Waals surface area contributed by atoms with Gasteiger partial charge in [0.2, 0.25) is 10.0 Å². The number of thiazole rings is 1. The van der Waals surface area contributed by atoms with Crippen molar-refractivity contribution in [1.29, 1.82) is 0 Å². The minimum absolute atomic E-state index is 0.0299. The molecule has 35 heavy (non-hydrogen) atoms. The summed E-state index contributed by atoms with van der Waals surface area (Å²) in [6, 6.07) is 8.72. The van der Waals surface area contributed by atoms with Gasteiger partial charge < -0.3 is 19.6 Å². The number of benzene rings is 2. The van der Waals surface area contributed by atoms with E-state index in [2.05, 4.69) is 15.0 Å². The van der Waals surface area contributed by atoms with Gasteiger partial charge in [-0.15, -0.1) is 11.3 Å². The molecule has 11 heteroatoms. The number of aromatic nitrogens is 1. The Morgan fingerprint density at radius 2 is 1.97 bits per heavy atom. The summed E-state index contributed by atoms with van der Waals surface area (Å²) in [5.41, 5.74) is 2.57. The molecule has 0 unspecified atom stereocenters. The van der Waals surface area contributed by atoms with E-state index in [1.54, 1.807) is 36.8 Å². The number of nitrogens with zero attached hydrogens (tertiary/aromatic N) is 1. The molecule has 5 rings (SSSR count). The van der Waals surface area contributed by atoms with Crippen LogP contribution in [-0.4, -0.2) is 49.9 Å². The third-order valence-corrected chi connectivity index (χ3v) is 7.59. The van der Waals surface area contributed by atoms with Gasteiger partial charge in [0, 0.05) is 33.4 Å². The maximum Gasteiger partial charge on any atom is 0.270 e. The monoisotopic (exact) mass is 515 g/mol. The summed E-state index contributed by atoms with van der Waals surface area (Å²) in [7, 11) is -1.90. The van der Waals surface area contributed by atoms with Crippen LogP contribution in [0.2, 0.25) is 0 Å². The topological polar surface area (TPSA) is 131 Å². The molecule has 2 aromatic heterocycles. The first-order valence-electron chi connectivity index (χ1n) is 11.2. The third kappa shape index (κ3) is 4.84. The highest BCUT2D eigenvalue weighted by Gasteiger charge is 2.24. The number of carbonyl (C=O) groups is 1. The molecule has 0 radical (unpaired) electrons. The standard InChI is InChI=1S/C24H25N3O6S2/c1-32-20-10-8-16(21-17-11-14(27-35(2,30)31)5-9-19(17)33-22(20)21)24-26-18(12-34-24)23(29)25-13-3-6-15(28)7-4-13/h5,8-13,15,27-28H,3-4,6-7H2,1-2H3,(H,25,29). The van der Waals surface area contributed by atoms with E-state index in [1.165, 1.54) is 11.3 Å². The van der Waals surface area contributed by atoms with E-state index in [0.29, 0.717) is 51.5 Å². The molecule has 0 atom stereocenters. The highest BCUT2D eigenvalue weighted by molar-refractivity contribution is 7.92. The lowest BCUT2D eigenvalue weighted by Gasteiger charge is -2.25. The molecule has 1 fully saturated rings. The van der Waals surface area contributed by atoms with Gasteiger partial charge in [-0.2, -0.15) is 0 Å². The van der Waals surface area contributed by atoms with Gasteiger partial charge in [0.1, 0.15) is 16.3 Å². The van der Waals surface area contributed by atoms with E-state index >= 15 is 0 Å². The smallest absolute Gasteiger partial charge is 0.270 e. The first-order chi connectivity index (χ1) is 16.7. The van der Waals surface area contributed by atoms with Crippen LogP contribution in [0.25, 0.3) is 32.5 Å². The van der Waals surface area contributed by atoms with E-state index in [1.807, 2.05) is 6.07 Å². The number of furan rings is 1. The molecular weight excluding hydrogens is 490 g/mol. The number of hydrogen-bond donors (Lipinski definition) is 3. The summed E-state index contributed by atoms with van der Waals surface area (Å²) < 4.78 is 37.5. The molecule has 184 valence electrons. The molecule has 0 aliphatic heterocycles. The zero-order valence-corrected chi connectivity index (χ0v) is 20.8. The van der Waals surface area contributed by atoms with Gasteiger partial charge in [-0.1, -0.05) is 0 Å². The zero-order chi connectivity index (χ0) is 24.7. The number of carbonyl (C=O) groups excluding carboxylic acids is 1. The van der Waals surface area contributed by atoms with Gasteiger partial charge in [-0.3, -0.25) is 9.52 Å². The summed E-state index contributed by atoms with van der Waals surface area (Å²) >= 11 is 1.34. The summed E-state index contributed by atoms with van der Waals surface area (Å²) in [4.78, 5) is 17.4. The predicted octanol–water partition coefficient (Wildman–Crippen LogP) is 4.12. The minimum Gasteiger partial charge on any atom is -0.493 e. The number of nitrogens with one attached hydrogen (secondary N) is 2. The van der Waals surface area contributed by atoms with Gasteiger partial charge in [0.05, 0.1) is 19.5 Å². The third-order valence-electron chi connectivity index (χ3n) is 6.10. The molecule has 4 aromatic rings. The molecule has 0 bridgehead atoms. The van der Waals surface area contributed by atoms with E-state index in [-0.39, 0.29) is 18.1 Å². The fourth-order valence-electron chi connectivity index (χ4n) is 4.45. The number of aliphatic hydroxyl groups excluding tert-OH is 1. The van der Waals surface area contributed by atoms with Gasteiger partial charge >= 0.3 is 0 Å². The fraction of sp³-hybridized carbons (Fsp3) is 0.333. The average Bonchev–Trinajstić information content (AvgIpc) is 3.44. The molecule has 1 amide bonds. The Hall–Kier alpha value is -3.15. The van der Waals surface area contributed by atoms with Crippen LogP contribution in [0.1, 0.15) is 36.2 Å². The van der Waals surface area contributed by atoms with E-state index < -0.39 is 10.0 Å². The summed E-state index contributed by atoms with van der Waals surface area (Å²) in [5, 5.41) is 16.5. The van der Waals surface area contributed by atoms with Crippen molar-refractivity contribution in [1.82, 2.24) is 10.3 Å². The van der Waals surface area contributed by atoms with Crippen molar-refractivity contribution < 1.29 is 27.5 Å². The number of sulfonamides is 1. The Kier molecular flexibility index (Phi) is 6.16. The molecule has 1 saturated carbocycles. The Morgan fingerprint density at radius 3 is 2.69 bits per heavy atom. The van der Waals surface area contributed by atoms with Crippen LogP contribution in [0.5, 0.6) is 5.75 Å². The first kappa shape index (κ1) is 23.6. The second-order valence-corrected chi connectivity index (χ2v) is 11.3. The maximum atomic E-state index is 12.8. The summed E-state index contributed by atoms with van der Waals surface area (Å²) in [6.45, 7) is 0. The minimum atomic E-state index is -3.45. The van der Waals surface area contributed by atoms with Crippen molar-refractivity contribution in [2.45, 2.75) is 37.8 Å². The van der Waals surface area contributed by atoms with Gasteiger partial charge in [0.15, 0.2) is 11.3 Å². The number of ether oxygens (including phenoxy) is 1. The van der Waals surface area contributed by atoms with Gasteiger partial charge in [-0.05, 0) is 56.0 Å². The van der Waals surface area contributed by atoms with Gasteiger partial charge in [0.25, 0.3) is 5.91 Å². The highest BCUT2D eigenvalue weighted by Crippen LogP contribution is 2.42. The molecule has 1 aliphatic rings. The molecule has 0 spiro atoms. The van der Waals surface area contributed by atoms with Crippen molar-refractivity contribution in [3.8, 4) is 16.3 Å². The molecule has 9 nitrogen and oxygen atoms in total. The van der Waals surface area contributed by atoms with Gasteiger partial charge in [-0.25, -0.2) is 13.4 Å². The Morgan fingerprint density at radius 1 is 1.20 bits per heavy atom. The second-order valence-electron chi connectivity index (χ2n) is 8.72. The molecule has 2 aromatic carbocycles. The summed E-state index contributed by atoms with van der Waals surface area (Å²) in [6.07, 6.45) is 3.66. The van der Waals surface area contributed by atoms with Crippen molar-refractivity contribution in [3.63, 3.8) is 0 Å². The van der Waals surface area contributed by atoms with Crippen molar-refractivity contribution in [3.05, 3.63) is 41.4 Å². The number of hydrogen-bond acceptors (Lipinski definition) is 8. The normalized spacial score (nSPS) is 18.6. The number of methoxy groups -OCH3 is 1. The maximum absolute atomic E-state index is 12.8. The number of amides is 1. The quantitative estimate of drug-likeness (QED) is 0.352. The molecule has 0 saturated heterocycles. The average molecular weight is 516 g/mol. The lowest BCUT2D eigenvalue weighted by atomic mass is 9.93. The molecule has 3 N–H and O–H groups in total. The van der Waals surface area contributed by atoms with E-state index in [4.69, 9.17) is 9.15 Å². The fourth-order valence-corrected chi connectivity index (χ4v) is 5.84. The van der Waals surface area contributed by atoms with Crippen molar-refractivity contribution in [2.75, 3.05) is 18.1 Å². The SMILES string of the molecule is COc1ccc(-c2nc(C(=O)NC3CCC(O)CC3)cs2)c2c1oc1ccc(NS(C)(=O)=O)cc12. The van der Waals surface area contributed by atoms with Crippen molar-refractivity contribution >= 4 is 54.9 Å². The lowest BCUT2D eigenvalue weighted by molar-refractivity contribution is 0.0864. The predicted molar refractivity (Wildman–Crippen MR) is 136 cm³/mol. The zero-order valence-electron chi connectivity index (χ0n) is 19.2. The number of aliphatic hydroxyl groups is 1. The number of anilines is 1. The molecule has 1 aliphatic carbocycles. The van der Waals surface area contributed by atoms with Crippen LogP contribution in [0.15, 0.2) is 40.1 Å². The summed E-state index contributed by atoms with van der Waals surface area (Å²) in [5.74, 6) is 0.293. The number of fused-ring (bicyclic) bond motifs is 3. The van der Waals surface area contributed by atoms with Crippen LogP contribution in [0, 0.1) is 0 Å². The molecular formula is C24H25N3O6S2. The first-order valence-corrected chi connectivity index (χ1v) is 13.9. The Bertz CT molecular complexity index is 1520. The van der Waals surface area contributed by atoms with Crippen LogP contribution >= 0.6 is 11.3 Å². The Balaban J connectivity index is 1.54. The second kappa shape index (κ2) is 9.14.